The molecule has 1 unspecified atom stereocenters. The fourth-order valence-electron chi connectivity index (χ4n) is 2.59. The summed E-state index contributed by atoms with van der Waals surface area (Å²) < 4.78 is 38.0. The second kappa shape index (κ2) is 6.60. The molecule has 1 N–H and O–H groups in total. The van der Waals surface area contributed by atoms with Crippen LogP contribution in [0.4, 0.5) is 0 Å². The van der Waals surface area contributed by atoms with Crippen LogP contribution in [-0.2, 0) is 16.4 Å². The SMILES string of the molecule is COc1ccc(S(=O)(=O)NCC2COc3ccccc3C2)cc1. The van der Waals surface area contributed by atoms with Crippen molar-refractivity contribution >= 4 is 10.0 Å². The summed E-state index contributed by atoms with van der Waals surface area (Å²) in [6.45, 7) is 0.866. The molecule has 3 rings (SSSR count). The zero-order chi connectivity index (χ0) is 16.3. The first-order valence-electron chi connectivity index (χ1n) is 7.43. The van der Waals surface area contributed by atoms with Crippen molar-refractivity contribution in [1.29, 1.82) is 0 Å². The third kappa shape index (κ3) is 3.65. The van der Waals surface area contributed by atoms with Crippen molar-refractivity contribution in [2.24, 2.45) is 5.92 Å². The minimum atomic E-state index is -3.52. The summed E-state index contributed by atoms with van der Waals surface area (Å²) >= 11 is 0. The lowest BCUT2D eigenvalue weighted by molar-refractivity contribution is 0.223. The highest BCUT2D eigenvalue weighted by atomic mass is 32.2. The molecule has 122 valence electrons. The summed E-state index contributed by atoms with van der Waals surface area (Å²) in [5.41, 5.74) is 1.12. The van der Waals surface area contributed by atoms with Gasteiger partial charge in [0.2, 0.25) is 10.0 Å². The van der Waals surface area contributed by atoms with Gasteiger partial charge in [0.1, 0.15) is 11.5 Å². The van der Waals surface area contributed by atoms with E-state index >= 15 is 0 Å². The molecule has 1 atom stereocenters. The highest BCUT2D eigenvalue weighted by Crippen LogP contribution is 2.26. The first-order chi connectivity index (χ1) is 11.1. The number of nitrogens with one attached hydrogen (secondary N) is 1. The molecule has 0 radical (unpaired) electrons. The highest BCUT2D eigenvalue weighted by molar-refractivity contribution is 7.89. The Bertz CT molecular complexity index is 771. The Balaban J connectivity index is 1.63. The number of benzene rings is 2. The molecule has 23 heavy (non-hydrogen) atoms. The smallest absolute Gasteiger partial charge is 0.240 e. The van der Waals surface area contributed by atoms with Crippen LogP contribution in [-0.4, -0.2) is 28.7 Å². The minimum Gasteiger partial charge on any atom is -0.497 e. The number of ether oxygens (including phenoxy) is 2. The van der Waals surface area contributed by atoms with Crippen molar-refractivity contribution in [3.8, 4) is 11.5 Å². The Morgan fingerprint density at radius 3 is 2.65 bits per heavy atom. The highest BCUT2D eigenvalue weighted by Gasteiger charge is 2.22. The topological polar surface area (TPSA) is 64.6 Å². The molecule has 1 aliphatic heterocycles. The molecule has 2 aromatic carbocycles. The Hall–Kier alpha value is -2.05. The summed E-state index contributed by atoms with van der Waals surface area (Å²) in [6, 6.07) is 14.2. The van der Waals surface area contributed by atoms with Gasteiger partial charge >= 0.3 is 0 Å². The predicted molar refractivity (Wildman–Crippen MR) is 87.3 cm³/mol. The summed E-state index contributed by atoms with van der Waals surface area (Å²) in [6.07, 6.45) is 0.807. The first kappa shape index (κ1) is 15.8. The standard InChI is InChI=1S/C17H19NO4S/c1-21-15-6-8-16(9-7-15)23(19,20)18-11-13-10-14-4-2-3-5-17(14)22-12-13/h2-9,13,18H,10-12H2,1H3. The van der Waals surface area contributed by atoms with E-state index in [0.29, 0.717) is 18.9 Å². The predicted octanol–water partition coefficient (Wildman–Crippen LogP) is 2.22. The maximum Gasteiger partial charge on any atom is 0.240 e. The van der Waals surface area contributed by atoms with E-state index in [1.807, 2.05) is 24.3 Å². The third-order valence-electron chi connectivity index (χ3n) is 3.89. The monoisotopic (exact) mass is 333 g/mol. The van der Waals surface area contributed by atoms with E-state index in [1.165, 1.54) is 12.1 Å². The molecule has 0 aliphatic carbocycles. The Labute approximate surface area is 136 Å². The van der Waals surface area contributed by atoms with Crippen LogP contribution >= 0.6 is 0 Å². The van der Waals surface area contributed by atoms with Crippen LogP contribution in [0.1, 0.15) is 5.56 Å². The fraction of sp³-hybridized carbons (Fsp3) is 0.294. The molecular weight excluding hydrogens is 314 g/mol. The van der Waals surface area contributed by atoms with Crippen molar-refractivity contribution < 1.29 is 17.9 Å². The molecule has 1 heterocycles. The lowest BCUT2D eigenvalue weighted by atomic mass is 9.97. The van der Waals surface area contributed by atoms with Crippen LogP contribution < -0.4 is 14.2 Å². The molecule has 1 aliphatic rings. The number of fused-ring (bicyclic) bond motifs is 1. The maximum absolute atomic E-state index is 12.3. The second-order valence-corrected chi connectivity index (χ2v) is 7.28. The zero-order valence-corrected chi connectivity index (χ0v) is 13.7. The van der Waals surface area contributed by atoms with Crippen LogP contribution in [0.3, 0.4) is 0 Å². The van der Waals surface area contributed by atoms with Crippen molar-refractivity contribution in [2.75, 3.05) is 20.3 Å². The van der Waals surface area contributed by atoms with Crippen LogP contribution in [0.2, 0.25) is 0 Å². The Morgan fingerprint density at radius 2 is 1.91 bits per heavy atom. The third-order valence-corrected chi connectivity index (χ3v) is 5.33. The molecule has 5 nitrogen and oxygen atoms in total. The number of hydrogen-bond donors (Lipinski definition) is 1. The van der Waals surface area contributed by atoms with Crippen LogP contribution in [0, 0.1) is 5.92 Å². The van der Waals surface area contributed by atoms with Crippen LogP contribution in [0.25, 0.3) is 0 Å². The molecule has 0 amide bonds. The average Bonchev–Trinajstić information content (AvgIpc) is 2.60. The molecule has 6 heteroatoms. The minimum absolute atomic E-state index is 0.123. The van der Waals surface area contributed by atoms with Crippen LogP contribution in [0.5, 0.6) is 11.5 Å². The van der Waals surface area contributed by atoms with Gasteiger partial charge in [0, 0.05) is 12.5 Å². The van der Waals surface area contributed by atoms with Crippen molar-refractivity contribution in [1.82, 2.24) is 4.72 Å². The summed E-state index contributed by atoms with van der Waals surface area (Å²) in [7, 11) is -1.98. The number of rotatable bonds is 5. The molecule has 0 aromatic heterocycles. The van der Waals surface area contributed by atoms with Gasteiger partial charge in [0.25, 0.3) is 0 Å². The lowest BCUT2D eigenvalue weighted by Gasteiger charge is -2.25. The summed E-state index contributed by atoms with van der Waals surface area (Å²) in [5.74, 6) is 1.64. The van der Waals surface area contributed by atoms with Crippen molar-refractivity contribution in [3.63, 3.8) is 0 Å². The van der Waals surface area contributed by atoms with E-state index in [4.69, 9.17) is 9.47 Å². The van der Waals surface area contributed by atoms with Gasteiger partial charge in [-0.25, -0.2) is 13.1 Å². The number of methoxy groups -OCH3 is 1. The van der Waals surface area contributed by atoms with Crippen molar-refractivity contribution in [2.45, 2.75) is 11.3 Å². The number of para-hydroxylation sites is 1. The van der Waals surface area contributed by atoms with Gasteiger partial charge in [0.05, 0.1) is 18.6 Å². The van der Waals surface area contributed by atoms with Gasteiger partial charge in [-0.15, -0.1) is 0 Å². The molecule has 0 saturated heterocycles. The summed E-state index contributed by atoms with van der Waals surface area (Å²) in [4.78, 5) is 0.232. The largest absolute Gasteiger partial charge is 0.497 e. The molecule has 2 aromatic rings. The number of hydrogen-bond acceptors (Lipinski definition) is 4. The second-order valence-electron chi connectivity index (χ2n) is 5.52. The van der Waals surface area contributed by atoms with E-state index in [1.54, 1.807) is 19.2 Å². The lowest BCUT2D eigenvalue weighted by Crippen LogP contribution is -2.34. The first-order valence-corrected chi connectivity index (χ1v) is 8.91. The Kier molecular flexibility index (Phi) is 4.54. The van der Waals surface area contributed by atoms with E-state index in [0.717, 1.165) is 17.7 Å². The van der Waals surface area contributed by atoms with E-state index in [2.05, 4.69) is 4.72 Å². The van der Waals surface area contributed by atoms with Crippen molar-refractivity contribution in [3.05, 3.63) is 54.1 Å². The maximum atomic E-state index is 12.3. The normalized spacial score (nSPS) is 17.2. The molecule has 0 saturated carbocycles. The Morgan fingerprint density at radius 1 is 1.17 bits per heavy atom. The van der Waals surface area contributed by atoms with Gasteiger partial charge in [-0.05, 0) is 42.3 Å². The number of sulfonamides is 1. The average molecular weight is 333 g/mol. The summed E-state index contributed by atoms with van der Waals surface area (Å²) in [5, 5.41) is 0. The van der Waals surface area contributed by atoms with Gasteiger partial charge in [-0.3, -0.25) is 0 Å². The molecule has 0 spiro atoms. The zero-order valence-electron chi connectivity index (χ0n) is 12.9. The molecule has 0 fully saturated rings. The van der Waals surface area contributed by atoms with Gasteiger partial charge in [0.15, 0.2) is 0 Å². The quantitative estimate of drug-likeness (QED) is 0.911. The van der Waals surface area contributed by atoms with E-state index < -0.39 is 10.0 Å². The van der Waals surface area contributed by atoms with Gasteiger partial charge in [-0.1, -0.05) is 18.2 Å². The van der Waals surface area contributed by atoms with Crippen LogP contribution in [0.15, 0.2) is 53.4 Å². The van der Waals surface area contributed by atoms with Gasteiger partial charge in [-0.2, -0.15) is 0 Å². The molecule has 0 bridgehead atoms. The van der Waals surface area contributed by atoms with E-state index in [9.17, 15) is 8.42 Å². The van der Waals surface area contributed by atoms with Gasteiger partial charge < -0.3 is 9.47 Å². The van der Waals surface area contributed by atoms with E-state index in [-0.39, 0.29) is 10.8 Å². The fourth-order valence-corrected chi connectivity index (χ4v) is 3.70. The molecular formula is C17H19NO4S.